The average Bonchev–Trinajstić information content (AvgIpc) is 2.37. The van der Waals surface area contributed by atoms with Crippen molar-refractivity contribution >= 4 is 8.32 Å². The molecule has 2 nitrogen and oxygen atoms in total. The highest BCUT2D eigenvalue weighted by Gasteiger charge is 2.42. The van der Waals surface area contributed by atoms with E-state index in [1.54, 1.807) is 12.1 Å². The summed E-state index contributed by atoms with van der Waals surface area (Å²) in [6.07, 6.45) is 0. The highest BCUT2D eigenvalue weighted by molar-refractivity contribution is 6.77. The van der Waals surface area contributed by atoms with Crippen molar-refractivity contribution in [2.45, 2.75) is 51.7 Å². The smallest absolute Gasteiger partial charge is 0.255 e. The molecule has 0 aliphatic carbocycles. The van der Waals surface area contributed by atoms with Gasteiger partial charge in [0.15, 0.2) is 11.6 Å². The summed E-state index contributed by atoms with van der Waals surface area (Å²) >= 11 is 0. The lowest BCUT2D eigenvalue weighted by molar-refractivity contribution is 0.382. The molecule has 0 bridgehead atoms. The fourth-order valence-electron chi connectivity index (χ4n) is 2.71. The van der Waals surface area contributed by atoms with E-state index in [0.717, 1.165) is 6.04 Å². The molecule has 0 N–H and O–H groups in total. The van der Waals surface area contributed by atoms with E-state index >= 15 is 0 Å². The van der Waals surface area contributed by atoms with Crippen molar-refractivity contribution in [2.75, 3.05) is 7.11 Å². The SMILES string of the molecule is CC[Si](Oc1ccc(F)c(OC)c1)(C(C)C)C(C)C. The van der Waals surface area contributed by atoms with Gasteiger partial charge in [-0.2, -0.15) is 0 Å². The van der Waals surface area contributed by atoms with E-state index in [2.05, 4.69) is 34.6 Å². The van der Waals surface area contributed by atoms with Gasteiger partial charge < -0.3 is 9.16 Å². The minimum atomic E-state index is -1.90. The normalized spacial score (nSPS) is 12.1. The van der Waals surface area contributed by atoms with Crippen LogP contribution in [0, 0.1) is 5.82 Å². The summed E-state index contributed by atoms with van der Waals surface area (Å²) < 4.78 is 24.8. The molecule has 0 spiro atoms. The largest absolute Gasteiger partial charge is 0.543 e. The van der Waals surface area contributed by atoms with Crippen molar-refractivity contribution in [2.24, 2.45) is 0 Å². The highest BCUT2D eigenvalue weighted by atomic mass is 28.4. The summed E-state index contributed by atoms with van der Waals surface area (Å²) in [6, 6.07) is 5.79. The summed E-state index contributed by atoms with van der Waals surface area (Å²) in [6.45, 7) is 11.1. The third-order valence-electron chi connectivity index (χ3n) is 3.94. The maximum atomic E-state index is 13.4. The predicted octanol–water partition coefficient (Wildman–Crippen LogP) is 5.00. The van der Waals surface area contributed by atoms with Crippen molar-refractivity contribution in [3.05, 3.63) is 24.0 Å². The van der Waals surface area contributed by atoms with Crippen LogP contribution in [-0.4, -0.2) is 15.4 Å². The minimum Gasteiger partial charge on any atom is -0.543 e. The van der Waals surface area contributed by atoms with Crippen LogP contribution >= 0.6 is 0 Å². The zero-order valence-corrected chi connectivity index (χ0v) is 13.8. The molecule has 19 heavy (non-hydrogen) atoms. The number of halogens is 1. The van der Waals surface area contributed by atoms with Crippen LogP contribution in [0.4, 0.5) is 4.39 Å². The van der Waals surface area contributed by atoms with Crippen LogP contribution in [0.3, 0.4) is 0 Å². The number of hydrogen-bond acceptors (Lipinski definition) is 2. The van der Waals surface area contributed by atoms with Gasteiger partial charge in [0.25, 0.3) is 8.32 Å². The highest BCUT2D eigenvalue weighted by Crippen LogP contribution is 2.38. The molecule has 108 valence electrons. The van der Waals surface area contributed by atoms with Crippen LogP contribution in [0.25, 0.3) is 0 Å². The van der Waals surface area contributed by atoms with Crippen LogP contribution in [0.15, 0.2) is 18.2 Å². The molecule has 0 radical (unpaired) electrons. The number of ether oxygens (including phenoxy) is 1. The summed E-state index contributed by atoms with van der Waals surface area (Å²) in [4.78, 5) is 0. The molecule has 0 saturated heterocycles. The second-order valence-electron chi connectivity index (χ2n) is 5.52. The molecule has 0 aliphatic rings. The van der Waals surface area contributed by atoms with E-state index in [0.29, 0.717) is 16.8 Å². The lowest BCUT2D eigenvalue weighted by Gasteiger charge is -2.38. The summed E-state index contributed by atoms with van der Waals surface area (Å²) in [5.74, 6) is 0.603. The van der Waals surface area contributed by atoms with Gasteiger partial charge in [0.05, 0.1) is 7.11 Å². The third kappa shape index (κ3) is 3.29. The molecule has 1 aromatic rings. The van der Waals surface area contributed by atoms with Crippen LogP contribution < -0.4 is 9.16 Å². The maximum Gasteiger partial charge on any atom is 0.255 e. The zero-order chi connectivity index (χ0) is 14.6. The quantitative estimate of drug-likeness (QED) is 0.684. The van der Waals surface area contributed by atoms with Gasteiger partial charge in [-0.25, -0.2) is 4.39 Å². The molecule has 4 heteroatoms. The van der Waals surface area contributed by atoms with Gasteiger partial charge in [0, 0.05) is 6.07 Å². The Morgan fingerprint density at radius 3 is 2.16 bits per heavy atom. The summed E-state index contributed by atoms with van der Waals surface area (Å²) in [5, 5.41) is 0. The summed E-state index contributed by atoms with van der Waals surface area (Å²) in [5.41, 5.74) is 1.02. The molecule has 0 heterocycles. The van der Waals surface area contributed by atoms with Crippen molar-refractivity contribution in [3.8, 4) is 11.5 Å². The molecule has 0 amide bonds. The molecule has 0 saturated carbocycles. The molecule has 0 unspecified atom stereocenters. The molecule has 1 aromatic carbocycles. The van der Waals surface area contributed by atoms with Gasteiger partial charge in [-0.15, -0.1) is 0 Å². The van der Waals surface area contributed by atoms with E-state index < -0.39 is 8.32 Å². The van der Waals surface area contributed by atoms with E-state index in [-0.39, 0.29) is 11.6 Å². The maximum absolute atomic E-state index is 13.4. The number of rotatable bonds is 6. The second-order valence-corrected chi connectivity index (χ2v) is 10.6. The zero-order valence-electron chi connectivity index (χ0n) is 12.8. The van der Waals surface area contributed by atoms with Gasteiger partial charge in [0.2, 0.25) is 0 Å². The average molecular weight is 284 g/mol. The minimum absolute atomic E-state index is 0.240. The lowest BCUT2D eigenvalue weighted by Crippen LogP contribution is -2.47. The van der Waals surface area contributed by atoms with Gasteiger partial charge >= 0.3 is 0 Å². The fourth-order valence-corrected chi connectivity index (χ4v) is 6.86. The Kier molecular flexibility index (Phi) is 5.41. The molecule has 0 aliphatic heterocycles. The first-order valence-electron chi connectivity index (χ1n) is 6.90. The Bertz CT molecular complexity index is 411. The van der Waals surface area contributed by atoms with Crippen LogP contribution in [0.1, 0.15) is 34.6 Å². The number of methoxy groups -OCH3 is 1. The second kappa shape index (κ2) is 6.42. The Hall–Kier alpha value is -1.03. The first-order chi connectivity index (χ1) is 8.87. The topological polar surface area (TPSA) is 18.5 Å². The molecule has 0 fully saturated rings. The first-order valence-corrected chi connectivity index (χ1v) is 9.17. The Morgan fingerprint density at radius 1 is 1.16 bits per heavy atom. The third-order valence-corrected chi connectivity index (χ3v) is 9.57. The number of hydrogen-bond donors (Lipinski definition) is 0. The van der Waals surface area contributed by atoms with Crippen LogP contribution in [0.5, 0.6) is 11.5 Å². The van der Waals surface area contributed by atoms with Crippen molar-refractivity contribution < 1.29 is 13.6 Å². The first kappa shape index (κ1) is 16.0. The standard InChI is InChI=1S/C15H25FO2Si/c1-7-19(11(2)3,12(4)5)18-13-8-9-14(16)15(10-13)17-6/h8-12H,7H2,1-6H3. The van der Waals surface area contributed by atoms with Crippen LogP contribution in [0.2, 0.25) is 17.1 Å². The van der Waals surface area contributed by atoms with Crippen molar-refractivity contribution in [3.63, 3.8) is 0 Å². The molecule has 0 atom stereocenters. The van der Waals surface area contributed by atoms with Gasteiger partial charge in [-0.3, -0.25) is 0 Å². The van der Waals surface area contributed by atoms with Gasteiger partial charge in [0.1, 0.15) is 5.75 Å². The molecular weight excluding hydrogens is 259 g/mol. The molecule has 1 rings (SSSR count). The Labute approximate surface area is 117 Å². The molecule has 0 aromatic heterocycles. The Balaban J connectivity index is 3.10. The van der Waals surface area contributed by atoms with E-state index in [1.807, 2.05) is 0 Å². The van der Waals surface area contributed by atoms with Crippen molar-refractivity contribution in [1.29, 1.82) is 0 Å². The Morgan fingerprint density at radius 2 is 1.74 bits per heavy atom. The van der Waals surface area contributed by atoms with E-state index in [1.165, 1.54) is 13.2 Å². The van der Waals surface area contributed by atoms with Gasteiger partial charge in [-0.1, -0.05) is 34.6 Å². The summed E-state index contributed by atoms with van der Waals surface area (Å²) in [7, 11) is -0.426. The van der Waals surface area contributed by atoms with E-state index in [9.17, 15) is 4.39 Å². The lowest BCUT2D eigenvalue weighted by atomic mass is 10.3. The monoisotopic (exact) mass is 284 g/mol. The van der Waals surface area contributed by atoms with Crippen LogP contribution in [-0.2, 0) is 0 Å². The van der Waals surface area contributed by atoms with Gasteiger partial charge in [-0.05, 0) is 29.3 Å². The fraction of sp³-hybridized carbons (Fsp3) is 0.600. The number of benzene rings is 1. The molecular formula is C15H25FO2Si. The van der Waals surface area contributed by atoms with Crippen molar-refractivity contribution in [1.82, 2.24) is 0 Å². The van der Waals surface area contributed by atoms with E-state index in [4.69, 9.17) is 9.16 Å². The predicted molar refractivity (Wildman–Crippen MR) is 80.0 cm³/mol.